The van der Waals surface area contributed by atoms with E-state index in [9.17, 15) is 42.6 Å². The molecule has 4 aliphatic rings. The minimum Gasteiger partial charge on any atom is -0.481 e. The number of hydrogen-bond donors (Lipinski definition) is 7. The third-order valence-electron chi connectivity index (χ3n) is 7.32. The number of halogens is 3. The van der Waals surface area contributed by atoms with Crippen molar-refractivity contribution in [3.8, 4) is 0 Å². The van der Waals surface area contributed by atoms with Gasteiger partial charge in [-0.15, -0.1) is 53.6 Å². The van der Waals surface area contributed by atoms with Crippen LogP contribution in [0.3, 0.4) is 0 Å². The van der Waals surface area contributed by atoms with Gasteiger partial charge in [-0.2, -0.15) is 0 Å². The lowest BCUT2D eigenvalue weighted by Crippen LogP contribution is -2.74. The van der Waals surface area contributed by atoms with Crippen molar-refractivity contribution in [3.05, 3.63) is 34.9 Å². The SMILES string of the molecule is CC(C)(ON=C(C(=O)NC1C(=O)N2CC(CSC3=NC4=CN(C(F)(F)F)NN4C(CO)=C3)(C(=O)O)CS[C@H]12)c1csc(N)n1)C(=O)NN. The Kier molecular flexibility index (Phi) is 9.59. The van der Waals surface area contributed by atoms with E-state index in [2.05, 4.69) is 26.0 Å². The van der Waals surface area contributed by atoms with E-state index in [4.69, 9.17) is 16.4 Å². The van der Waals surface area contributed by atoms with Gasteiger partial charge in [-0.3, -0.25) is 24.6 Å². The van der Waals surface area contributed by atoms with Gasteiger partial charge >= 0.3 is 12.3 Å². The van der Waals surface area contributed by atoms with Gasteiger partial charge in [0.15, 0.2) is 16.7 Å². The van der Waals surface area contributed by atoms with Gasteiger partial charge in [0, 0.05) is 23.4 Å². The Hall–Kier alpha value is -4.10. The molecule has 3 amide bonds. The van der Waals surface area contributed by atoms with E-state index >= 15 is 0 Å². The second-order valence-electron chi connectivity index (χ2n) is 11.1. The first-order valence-corrected chi connectivity index (χ1v) is 16.5. The largest absolute Gasteiger partial charge is 0.500 e. The van der Waals surface area contributed by atoms with Crippen LogP contribution < -0.4 is 27.9 Å². The molecule has 4 aliphatic heterocycles. The molecule has 0 aromatic carbocycles. The van der Waals surface area contributed by atoms with Gasteiger partial charge in [0.2, 0.25) is 11.5 Å². The van der Waals surface area contributed by atoms with Crippen LogP contribution in [0.2, 0.25) is 0 Å². The number of β-lactam (4-membered cyclic amide) rings is 1. The molecule has 260 valence electrons. The van der Waals surface area contributed by atoms with Gasteiger partial charge in [0.05, 0.1) is 18.5 Å². The Balaban J connectivity index is 1.27. The summed E-state index contributed by atoms with van der Waals surface area (Å²) in [6.45, 7) is 1.84. The van der Waals surface area contributed by atoms with Crippen molar-refractivity contribution in [3.63, 3.8) is 0 Å². The molecule has 5 heterocycles. The topological polar surface area (TPSA) is 253 Å². The number of aliphatic imine (C=N–C) groups is 1. The van der Waals surface area contributed by atoms with Gasteiger partial charge < -0.3 is 31.0 Å². The van der Waals surface area contributed by atoms with Crippen molar-refractivity contribution >= 4 is 74.4 Å². The van der Waals surface area contributed by atoms with E-state index in [1.165, 1.54) is 30.2 Å². The van der Waals surface area contributed by atoms with E-state index < -0.39 is 59.0 Å². The van der Waals surface area contributed by atoms with Crippen LogP contribution in [0.5, 0.6) is 0 Å². The Bertz CT molecular complexity index is 1650. The number of thioether (sulfide) groups is 2. The molecule has 24 heteroatoms. The molecular weight excluding hydrogens is 708 g/mol. The molecule has 2 fully saturated rings. The second-order valence-corrected chi connectivity index (χ2v) is 14.1. The summed E-state index contributed by atoms with van der Waals surface area (Å²) in [7, 11) is 0. The Morgan fingerprint density at radius 1 is 1.33 bits per heavy atom. The van der Waals surface area contributed by atoms with Gasteiger partial charge in [0.25, 0.3) is 11.8 Å². The highest BCUT2D eigenvalue weighted by Gasteiger charge is 2.58. The van der Waals surface area contributed by atoms with Crippen molar-refractivity contribution in [2.75, 3.05) is 30.4 Å². The molecule has 1 aromatic rings. The summed E-state index contributed by atoms with van der Waals surface area (Å²) in [4.78, 5) is 65.9. The van der Waals surface area contributed by atoms with Gasteiger partial charge in [0.1, 0.15) is 27.6 Å². The fraction of sp³-hybridized carbons (Fsp3) is 0.458. The van der Waals surface area contributed by atoms with Crippen molar-refractivity contribution in [2.24, 2.45) is 21.4 Å². The highest BCUT2D eigenvalue weighted by Crippen LogP contribution is 2.44. The quantitative estimate of drug-likeness (QED) is 0.0383. The number of anilines is 1. The molecule has 3 atom stereocenters. The molecule has 1 aromatic heterocycles. The molecule has 5 rings (SSSR count). The molecule has 0 radical (unpaired) electrons. The van der Waals surface area contributed by atoms with Crippen LogP contribution in [0, 0.1) is 5.41 Å². The number of nitrogens with one attached hydrogen (secondary N) is 3. The zero-order valence-corrected chi connectivity index (χ0v) is 27.3. The number of aliphatic hydroxyl groups excluding tert-OH is 1. The fourth-order valence-electron chi connectivity index (χ4n) is 4.63. The van der Waals surface area contributed by atoms with Crippen molar-refractivity contribution < 1.29 is 47.4 Å². The third-order valence-corrected chi connectivity index (χ3v) is 10.8. The van der Waals surface area contributed by atoms with Crippen molar-refractivity contribution in [1.82, 2.24) is 36.2 Å². The normalized spacial score (nSPS) is 24.1. The lowest BCUT2D eigenvalue weighted by atomic mass is 9.89. The molecule has 2 unspecified atom stereocenters. The molecule has 0 aliphatic carbocycles. The first kappa shape index (κ1) is 35.2. The van der Waals surface area contributed by atoms with Gasteiger partial charge in [-0.1, -0.05) is 5.16 Å². The second kappa shape index (κ2) is 13.1. The van der Waals surface area contributed by atoms with Crippen LogP contribution in [-0.2, 0) is 24.0 Å². The number of oxime groups is 1. The number of nitrogens with zero attached hydrogens (tertiary/aromatic N) is 6. The van der Waals surface area contributed by atoms with Gasteiger partial charge in [-0.25, -0.2) is 25.8 Å². The minimum absolute atomic E-state index is 0.00724. The van der Waals surface area contributed by atoms with Crippen LogP contribution in [0.4, 0.5) is 18.3 Å². The van der Waals surface area contributed by atoms with E-state index in [0.29, 0.717) is 6.20 Å². The van der Waals surface area contributed by atoms with E-state index in [0.717, 1.165) is 39.9 Å². The molecule has 9 N–H and O–H groups in total. The van der Waals surface area contributed by atoms with Crippen LogP contribution in [0.1, 0.15) is 19.5 Å². The maximum Gasteiger partial charge on any atom is 0.500 e. The number of carboxylic acid groups (broad SMARTS) is 1. The summed E-state index contributed by atoms with van der Waals surface area (Å²) in [5, 5.41) is 28.2. The van der Waals surface area contributed by atoms with E-state index in [1.807, 2.05) is 5.43 Å². The third kappa shape index (κ3) is 6.75. The van der Waals surface area contributed by atoms with Gasteiger partial charge in [-0.05, 0) is 19.9 Å². The predicted molar refractivity (Wildman–Crippen MR) is 167 cm³/mol. The number of nitrogen functional groups attached to an aromatic ring is 1. The molecule has 0 spiro atoms. The van der Waals surface area contributed by atoms with Crippen LogP contribution in [0.15, 0.2) is 39.3 Å². The number of nitrogens with two attached hydrogens (primary N) is 2. The first-order chi connectivity index (χ1) is 22.5. The number of alkyl halides is 3. The number of carboxylic acids is 1. The zero-order chi connectivity index (χ0) is 35.2. The number of rotatable bonds is 10. The van der Waals surface area contributed by atoms with Crippen molar-refractivity contribution in [2.45, 2.75) is 37.2 Å². The van der Waals surface area contributed by atoms with Crippen LogP contribution in [-0.4, -0.2) is 113 Å². The number of carbonyl (C=O) groups is 4. The number of carbonyl (C=O) groups excluding carboxylic acids is 3. The summed E-state index contributed by atoms with van der Waals surface area (Å²) >= 11 is 3.07. The number of thiazole rings is 1. The highest BCUT2D eigenvalue weighted by molar-refractivity contribution is 8.14. The summed E-state index contributed by atoms with van der Waals surface area (Å²) in [6, 6.07) is -1.06. The summed E-state index contributed by atoms with van der Waals surface area (Å²) in [6.07, 6.45) is -2.76. The monoisotopic (exact) mass is 735 g/mol. The van der Waals surface area contributed by atoms with Crippen molar-refractivity contribution in [1.29, 1.82) is 0 Å². The maximum atomic E-state index is 13.3. The van der Waals surface area contributed by atoms with E-state index in [1.54, 1.807) is 0 Å². The Morgan fingerprint density at radius 3 is 2.67 bits per heavy atom. The number of aliphatic hydroxyl groups is 1. The molecule has 48 heavy (non-hydrogen) atoms. The average molecular weight is 736 g/mol. The summed E-state index contributed by atoms with van der Waals surface area (Å²) in [5.41, 5.74) is 6.29. The lowest BCUT2D eigenvalue weighted by Gasteiger charge is -2.53. The minimum atomic E-state index is -4.77. The molecule has 18 nitrogen and oxygen atoms in total. The standard InChI is InChI=1S/C24H28F3N11O7S3/c1-22(2,19(42)33-29)45-34-14(11-6-46-21(28)30-11)16(40)32-15-17(41)36-7-23(20(43)44,9-48-18(15)36)8-47-13-3-10(5-39)38-12(31-13)4-37(35-38)24(25,26)27/h3-4,6,15,18,35,39H,5,7-9,29H2,1-2H3,(H2,28,30)(H,32,40)(H,33,42)(H,43,44)/t15?,18-,23?/m1/s1. The number of hydrogen-bond acceptors (Lipinski definition) is 17. The first-order valence-electron chi connectivity index (χ1n) is 13.6. The molecular formula is C24H28F3N11O7S3. The zero-order valence-electron chi connectivity index (χ0n) is 24.8. The highest BCUT2D eigenvalue weighted by atomic mass is 32.2. The van der Waals surface area contributed by atoms with Crippen LogP contribution >= 0.6 is 34.9 Å². The van der Waals surface area contributed by atoms with Crippen LogP contribution in [0.25, 0.3) is 0 Å². The summed E-state index contributed by atoms with van der Waals surface area (Å²) in [5.74, 6) is 1.50. The molecule has 0 saturated carbocycles. The fourth-order valence-corrected chi connectivity index (χ4v) is 7.96. The lowest BCUT2D eigenvalue weighted by molar-refractivity contribution is -0.251. The molecule has 0 bridgehead atoms. The Morgan fingerprint density at radius 2 is 2.06 bits per heavy atom. The number of aliphatic carboxylic acids is 1. The summed E-state index contributed by atoms with van der Waals surface area (Å²) < 4.78 is 39.6. The maximum absolute atomic E-state index is 13.3. The smallest absolute Gasteiger partial charge is 0.481 e. The number of hydrazine groups is 3. The average Bonchev–Trinajstić information content (AvgIpc) is 3.68. The van der Waals surface area contributed by atoms with E-state index in [-0.39, 0.29) is 56.2 Å². The predicted octanol–water partition coefficient (Wildman–Crippen LogP) is -0.937. The Labute approximate surface area is 281 Å². The number of fused-ring (bicyclic) bond motifs is 2. The number of amides is 3. The molecule has 2 saturated heterocycles. The number of aromatic nitrogens is 1.